The summed E-state index contributed by atoms with van der Waals surface area (Å²) in [7, 11) is 3.97. The highest BCUT2D eigenvalue weighted by Gasteiger charge is 2.05. The number of nitrogens with one attached hydrogen (secondary N) is 1. The first-order valence-corrected chi connectivity index (χ1v) is 7.84. The van der Waals surface area contributed by atoms with Crippen LogP contribution in [0, 0.1) is 0 Å². The van der Waals surface area contributed by atoms with Crippen molar-refractivity contribution in [3.8, 4) is 0 Å². The predicted molar refractivity (Wildman–Crippen MR) is 90.8 cm³/mol. The number of carbonyl (C=O) groups is 1. The smallest absolute Gasteiger partial charge is 0.177 e. The Kier molecular flexibility index (Phi) is 5.84. The van der Waals surface area contributed by atoms with Crippen molar-refractivity contribution in [2.24, 2.45) is 0 Å². The molecule has 110 valence electrons. The fourth-order valence-electron chi connectivity index (χ4n) is 1.87. The van der Waals surface area contributed by atoms with Crippen LogP contribution in [-0.2, 0) is 5.75 Å². The lowest BCUT2D eigenvalue weighted by molar-refractivity contribution is 0.0998. The second-order valence-electron chi connectivity index (χ2n) is 4.96. The van der Waals surface area contributed by atoms with Gasteiger partial charge in [0.2, 0.25) is 0 Å². The lowest BCUT2D eigenvalue weighted by Gasteiger charge is -2.12. The van der Waals surface area contributed by atoms with Gasteiger partial charge >= 0.3 is 0 Å². The molecule has 4 heteroatoms. The van der Waals surface area contributed by atoms with Crippen molar-refractivity contribution < 1.29 is 4.79 Å². The second-order valence-corrected chi connectivity index (χ2v) is 5.83. The summed E-state index contributed by atoms with van der Waals surface area (Å²) in [6, 6.07) is 17.9. The average molecular weight is 300 g/mol. The van der Waals surface area contributed by atoms with E-state index in [2.05, 4.69) is 16.9 Å². The lowest BCUT2D eigenvalue weighted by Crippen LogP contribution is -2.17. The molecule has 0 aliphatic rings. The minimum absolute atomic E-state index is 0.112. The number of nitrogens with zero attached hydrogens (tertiary/aromatic N) is 1. The van der Waals surface area contributed by atoms with Crippen molar-refractivity contribution in [3.63, 3.8) is 0 Å². The van der Waals surface area contributed by atoms with E-state index in [1.807, 2.05) is 61.5 Å². The Morgan fingerprint density at radius 3 is 2.33 bits per heavy atom. The molecule has 0 unspecified atom stereocenters. The van der Waals surface area contributed by atoms with E-state index in [0.717, 1.165) is 17.0 Å². The van der Waals surface area contributed by atoms with E-state index in [-0.39, 0.29) is 5.78 Å². The third-order valence-electron chi connectivity index (χ3n) is 3.12. The van der Waals surface area contributed by atoms with Gasteiger partial charge in [-0.15, -0.1) is 0 Å². The summed E-state index contributed by atoms with van der Waals surface area (Å²) in [6.07, 6.45) is 0. The number of Topliss-reactive ketones (excluding diaryl/α,β-unsaturated/α-hetero) is 1. The number of hydrogen-bond donors (Lipinski definition) is 1. The van der Waals surface area contributed by atoms with E-state index in [4.69, 9.17) is 0 Å². The van der Waals surface area contributed by atoms with Crippen molar-refractivity contribution in [1.82, 2.24) is 4.72 Å². The van der Waals surface area contributed by atoms with E-state index in [1.54, 1.807) is 11.9 Å². The Hall–Kier alpha value is -1.78. The van der Waals surface area contributed by atoms with Gasteiger partial charge in [0.25, 0.3) is 0 Å². The molecule has 0 amide bonds. The summed E-state index contributed by atoms with van der Waals surface area (Å²) in [4.78, 5) is 14.1. The predicted octanol–water partition coefficient (Wildman–Crippen LogP) is 3.37. The maximum Gasteiger partial charge on any atom is 0.177 e. The zero-order valence-electron chi connectivity index (χ0n) is 12.4. The number of hydrogen-bond acceptors (Lipinski definition) is 4. The maximum absolute atomic E-state index is 12.0. The average Bonchev–Trinajstić information content (AvgIpc) is 2.52. The van der Waals surface area contributed by atoms with Crippen molar-refractivity contribution in [3.05, 3.63) is 65.7 Å². The minimum Gasteiger partial charge on any atom is -0.378 e. The minimum atomic E-state index is 0.112. The van der Waals surface area contributed by atoms with Gasteiger partial charge in [0.05, 0.1) is 6.54 Å². The number of benzene rings is 2. The second kappa shape index (κ2) is 7.86. The molecule has 0 saturated heterocycles. The largest absolute Gasteiger partial charge is 0.378 e. The Morgan fingerprint density at radius 1 is 1.05 bits per heavy atom. The molecule has 0 atom stereocenters. The van der Waals surface area contributed by atoms with E-state index in [0.29, 0.717) is 6.54 Å². The van der Waals surface area contributed by atoms with Gasteiger partial charge in [-0.3, -0.25) is 9.52 Å². The van der Waals surface area contributed by atoms with Gasteiger partial charge in [-0.2, -0.15) is 0 Å². The van der Waals surface area contributed by atoms with Crippen molar-refractivity contribution in [2.75, 3.05) is 25.5 Å². The Labute approximate surface area is 130 Å². The quantitative estimate of drug-likeness (QED) is 0.483. The third kappa shape index (κ3) is 4.92. The SMILES string of the molecule is CN(C)c1ccc(C(=O)CNSCc2ccccc2)cc1. The molecule has 2 rings (SSSR count). The van der Waals surface area contributed by atoms with Crippen molar-refractivity contribution in [1.29, 1.82) is 0 Å². The summed E-state index contributed by atoms with van der Waals surface area (Å²) in [6.45, 7) is 0.346. The standard InChI is InChI=1S/C17H20N2OS/c1-19(2)16-10-8-15(9-11-16)17(20)12-18-21-13-14-6-4-3-5-7-14/h3-11,18H,12-13H2,1-2H3. The molecule has 2 aromatic carbocycles. The molecule has 0 aromatic heterocycles. The van der Waals surface area contributed by atoms with Gasteiger partial charge in [0.15, 0.2) is 5.78 Å². The van der Waals surface area contributed by atoms with Gasteiger partial charge in [-0.25, -0.2) is 0 Å². The van der Waals surface area contributed by atoms with Crippen molar-refractivity contribution >= 4 is 23.4 Å². The monoisotopic (exact) mass is 300 g/mol. The fraction of sp³-hybridized carbons (Fsp3) is 0.235. The first kappa shape index (κ1) is 15.6. The van der Waals surface area contributed by atoms with Gasteiger partial charge in [0, 0.05) is 31.1 Å². The number of ketones is 1. The van der Waals surface area contributed by atoms with Crippen LogP contribution in [-0.4, -0.2) is 26.4 Å². The molecule has 0 aliphatic heterocycles. The highest BCUT2D eigenvalue weighted by Crippen LogP contribution is 2.13. The Morgan fingerprint density at radius 2 is 1.71 bits per heavy atom. The van der Waals surface area contributed by atoms with Gasteiger partial charge in [-0.05, 0) is 29.8 Å². The van der Waals surface area contributed by atoms with E-state index in [9.17, 15) is 4.79 Å². The molecule has 0 spiro atoms. The highest BCUT2D eigenvalue weighted by atomic mass is 32.2. The highest BCUT2D eigenvalue weighted by molar-refractivity contribution is 7.96. The van der Waals surface area contributed by atoms with Gasteiger partial charge < -0.3 is 4.90 Å². The first-order chi connectivity index (χ1) is 10.2. The third-order valence-corrected chi connectivity index (χ3v) is 3.95. The van der Waals surface area contributed by atoms with E-state index in [1.165, 1.54) is 5.56 Å². The molecule has 0 fully saturated rings. The topological polar surface area (TPSA) is 32.3 Å². The van der Waals surface area contributed by atoms with E-state index >= 15 is 0 Å². The summed E-state index contributed by atoms with van der Waals surface area (Å²) in [5.74, 6) is 0.967. The lowest BCUT2D eigenvalue weighted by atomic mass is 10.1. The van der Waals surface area contributed by atoms with Crippen LogP contribution in [0.5, 0.6) is 0 Å². The van der Waals surface area contributed by atoms with Crippen molar-refractivity contribution in [2.45, 2.75) is 5.75 Å². The zero-order chi connectivity index (χ0) is 15.1. The molecule has 0 saturated carbocycles. The summed E-state index contributed by atoms with van der Waals surface area (Å²) < 4.78 is 3.13. The molecule has 0 bridgehead atoms. The number of rotatable bonds is 7. The van der Waals surface area contributed by atoms with Crippen LogP contribution in [0.25, 0.3) is 0 Å². The van der Waals surface area contributed by atoms with E-state index < -0.39 is 0 Å². The summed E-state index contributed by atoms with van der Waals surface area (Å²) >= 11 is 1.56. The molecular formula is C17H20N2OS. The van der Waals surface area contributed by atoms with Crippen LogP contribution < -0.4 is 9.62 Å². The van der Waals surface area contributed by atoms with Gasteiger partial charge in [0.1, 0.15) is 0 Å². The Balaban J connectivity index is 1.76. The van der Waals surface area contributed by atoms with Gasteiger partial charge in [-0.1, -0.05) is 42.3 Å². The summed E-state index contributed by atoms with van der Waals surface area (Å²) in [5, 5.41) is 0. The molecule has 0 heterocycles. The molecule has 1 N–H and O–H groups in total. The first-order valence-electron chi connectivity index (χ1n) is 6.86. The molecule has 2 aromatic rings. The number of anilines is 1. The van der Waals surface area contributed by atoms with Crippen LogP contribution in [0.3, 0.4) is 0 Å². The summed E-state index contributed by atoms with van der Waals surface area (Å²) in [5.41, 5.74) is 3.09. The number of carbonyl (C=O) groups excluding carboxylic acids is 1. The van der Waals surface area contributed by atoms with Crippen LogP contribution in [0.2, 0.25) is 0 Å². The van der Waals surface area contributed by atoms with Crippen LogP contribution in [0.1, 0.15) is 15.9 Å². The fourth-order valence-corrected chi connectivity index (χ4v) is 2.57. The molecule has 3 nitrogen and oxygen atoms in total. The maximum atomic E-state index is 12.0. The van der Waals surface area contributed by atoms with Crippen LogP contribution in [0.15, 0.2) is 54.6 Å². The molecule has 21 heavy (non-hydrogen) atoms. The van der Waals surface area contributed by atoms with Crippen LogP contribution >= 0.6 is 11.9 Å². The normalized spacial score (nSPS) is 10.4. The Bertz CT molecular complexity index is 567. The molecular weight excluding hydrogens is 280 g/mol. The zero-order valence-corrected chi connectivity index (χ0v) is 13.2. The molecule has 0 aliphatic carbocycles. The van der Waals surface area contributed by atoms with Crippen LogP contribution in [0.4, 0.5) is 5.69 Å². The molecule has 0 radical (unpaired) electrons.